The first kappa shape index (κ1) is 27.8. The van der Waals surface area contributed by atoms with Gasteiger partial charge >= 0.3 is 5.97 Å². The predicted octanol–water partition coefficient (Wildman–Crippen LogP) is 8.44. The average Bonchev–Trinajstić information content (AvgIpc) is 2.85. The number of hydrogen-bond acceptors (Lipinski definition) is 3. The molecule has 0 aliphatic carbocycles. The van der Waals surface area contributed by atoms with Gasteiger partial charge in [-0.25, -0.2) is 14.8 Å². The Kier molecular flexibility index (Phi) is 13.9. The Labute approximate surface area is 206 Å². The summed E-state index contributed by atoms with van der Waals surface area (Å²) in [6.07, 6.45) is 25.4. The number of hydrogen-bond donors (Lipinski definition) is 1. The molecule has 0 unspecified atom stereocenters. The Morgan fingerprint density at radius 1 is 0.794 bits per heavy atom. The number of unbranched alkanes of at least 4 members (excludes halogenated alkanes) is 11. The molecule has 0 saturated carbocycles. The van der Waals surface area contributed by atoms with Gasteiger partial charge in [-0.3, -0.25) is 0 Å². The molecule has 1 aromatic heterocycles. The van der Waals surface area contributed by atoms with Gasteiger partial charge in [0.05, 0.1) is 0 Å². The summed E-state index contributed by atoms with van der Waals surface area (Å²) in [6, 6.07) is 6.13. The number of nitrogens with zero attached hydrogens (tertiary/aromatic N) is 2. The van der Waals surface area contributed by atoms with Gasteiger partial charge in [0.1, 0.15) is 0 Å². The summed E-state index contributed by atoms with van der Waals surface area (Å²) in [6.45, 7) is 4.49. The van der Waals surface area contributed by atoms with Crippen molar-refractivity contribution in [2.24, 2.45) is 0 Å². The van der Waals surface area contributed by atoms with Crippen LogP contribution in [0.4, 0.5) is 0 Å². The standard InChI is InChI=1S/C30H44N2O2/c1-3-5-7-9-11-12-14-16-25-23-31-30(32-24-25)28-19-18-26(20-21-29(33)34)27(22-28)17-15-13-10-8-6-4-2/h18-24H,3-17H2,1-2H3,(H,33,34). The van der Waals surface area contributed by atoms with Crippen LogP contribution in [-0.2, 0) is 17.6 Å². The molecule has 0 saturated heterocycles. The highest BCUT2D eigenvalue weighted by atomic mass is 16.4. The van der Waals surface area contributed by atoms with Crippen LogP contribution in [0, 0.1) is 0 Å². The quantitative estimate of drug-likeness (QED) is 0.177. The summed E-state index contributed by atoms with van der Waals surface area (Å²) in [7, 11) is 0. The number of aromatic nitrogens is 2. The summed E-state index contributed by atoms with van der Waals surface area (Å²) >= 11 is 0. The van der Waals surface area contributed by atoms with Gasteiger partial charge in [0.25, 0.3) is 0 Å². The predicted molar refractivity (Wildman–Crippen MR) is 143 cm³/mol. The van der Waals surface area contributed by atoms with Crippen molar-refractivity contribution in [3.63, 3.8) is 0 Å². The SMILES string of the molecule is CCCCCCCCCc1cnc(-c2ccc(C=CC(=O)O)c(CCCCCCCC)c2)nc1. The molecule has 2 rings (SSSR count). The molecule has 0 bridgehead atoms. The van der Waals surface area contributed by atoms with E-state index in [2.05, 4.69) is 29.9 Å². The number of rotatable bonds is 18. The normalized spacial score (nSPS) is 11.4. The number of aliphatic carboxylic acids is 1. The zero-order valence-corrected chi connectivity index (χ0v) is 21.4. The first-order valence-electron chi connectivity index (χ1n) is 13.5. The zero-order valence-electron chi connectivity index (χ0n) is 21.4. The molecule has 1 aromatic carbocycles. The maximum absolute atomic E-state index is 11.0. The molecule has 2 aromatic rings. The molecule has 0 aliphatic heterocycles. The Hall–Kier alpha value is -2.49. The largest absolute Gasteiger partial charge is 0.478 e. The van der Waals surface area contributed by atoms with Crippen molar-refractivity contribution >= 4 is 12.0 Å². The zero-order chi connectivity index (χ0) is 24.4. The number of carboxylic acids is 1. The van der Waals surface area contributed by atoms with Crippen LogP contribution in [-0.4, -0.2) is 21.0 Å². The molecular formula is C30H44N2O2. The van der Waals surface area contributed by atoms with E-state index in [0.717, 1.165) is 36.2 Å². The molecule has 0 aliphatic rings. The molecule has 4 nitrogen and oxygen atoms in total. The lowest BCUT2D eigenvalue weighted by Crippen LogP contribution is -1.97. The van der Waals surface area contributed by atoms with E-state index in [4.69, 9.17) is 5.11 Å². The first-order valence-corrected chi connectivity index (χ1v) is 13.5. The van der Waals surface area contributed by atoms with E-state index < -0.39 is 5.97 Å². The first-order chi connectivity index (χ1) is 16.6. The van der Waals surface area contributed by atoms with Gasteiger partial charge in [-0.05, 0) is 54.5 Å². The van der Waals surface area contributed by atoms with Crippen molar-refractivity contribution in [3.8, 4) is 11.4 Å². The van der Waals surface area contributed by atoms with E-state index in [-0.39, 0.29) is 0 Å². The van der Waals surface area contributed by atoms with Gasteiger partial charge in [0.2, 0.25) is 0 Å². The fraction of sp³-hybridized carbons (Fsp3) is 0.567. The molecule has 0 amide bonds. The summed E-state index contributed by atoms with van der Waals surface area (Å²) in [5.74, 6) is -0.184. The fourth-order valence-electron chi connectivity index (χ4n) is 4.30. The van der Waals surface area contributed by atoms with Crippen LogP contribution in [0.15, 0.2) is 36.7 Å². The highest BCUT2D eigenvalue weighted by Crippen LogP contribution is 2.23. The second-order valence-electron chi connectivity index (χ2n) is 9.39. The minimum Gasteiger partial charge on any atom is -0.478 e. The molecule has 4 heteroatoms. The third-order valence-corrected chi connectivity index (χ3v) is 6.38. The van der Waals surface area contributed by atoms with Gasteiger partial charge in [-0.1, -0.05) is 96.6 Å². The lowest BCUT2D eigenvalue weighted by molar-refractivity contribution is -0.131. The maximum Gasteiger partial charge on any atom is 0.328 e. The Bertz CT molecular complexity index is 859. The monoisotopic (exact) mass is 464 g/mol. The second kappa shape index (κ2) is 17.0. The summed E-state index contributed by atoms with van der Waals surface area (Å²) < 4.78 is 0. The van der Waals surface area contributed by atoms with Crippen molar-refractivity contribution in [2.45, 2.75) is 110 Å². The minimum absolute atomic E-state index is 0.737. The number of aryl methyl sites for hydroxylation is 2. The van der Waals surface area contributed by atoms with E-state index in [1.165, 1.54) is 94.3 Å². The molecule has 1 N–H and O–H groups in total. The van der Waals surface area contributed by atoms with Gasteiger partial charge in [-0.15, -0.1) is 0 Å². The van der Waals surface area contributed by atoms with E-state index >= 15 is 0 Å². The maximum atomic E-state index is 11.0. The molecule has 0 fully saturated rings. The van der Waals surface area contributed by atoms with E-state index in [9.17, 15) is 4.79 Å². The third kappa shape index (κ3) is 11.1. The van der Waals surface area contributed by atoms with Crippen LogP contribution in [0.5, 0.6) is 0 Å². The number of benzene rings is 1. The topological polar surface area (TPSA) is 63.1 Å². The molecule has 0 spiro atoms. The molecule has 0 atom stereocenters. The third-order valence-electron chi connectivity index (χ3n) is 6.38. The molecular weight excluding hydrogens is 420 g/mol. The fourth-order valence-corrected chi connectivity index (χ4v) is 4.30. The lowest BCUT2D eigenvalue weighted by atomic mass is 9.97. The molecule has 1 heterocycles. The Balaban J connectivity index is 1.96. The van der Waals surface area contributed by atoms with Crippen LogP contribution in [0.25, 0.3) is 17.5 Å². The molecule has 0 radical (unpaired) electrons. The van der Waals surface area contributed by atoms with Crippen molar-refractivity contribution < 1.29 is 9.90 Å². The number of carbonyl (C=O) groups is 1. The van der Waals surface area contributed by atoms with Crippen LogP contribution >= 0.6 is 0 Å². The summed E-state index contributed by atoms with van der Waals surface area (Å²) in [4.78, 5) is 20.3. The van der Waals surface area contributed by atoms with Gasteiger partial charge in [0.15, 0.2) is 5.82 Å². The van der Waals surface area contributed by atoms with Crippen molar-refractivity contribution in [1.29, 1.82) is 0 Å². The lowest BCUT2D eigenvalue weighted by Gasteiger charge is -2.10. The molecule has 186 valence electrons. The number of carboxylic acid groups (broad SMARTS) is 1. The summed E-state index contributed by atoms with van der Waals surface area (Å²) in [5.41, 5.74) is 4.33. The average molecular weight is 465 g/mol. The van der Waals surface area contributed by atoms with Gasteiger partial charge in [-0.2, -0.15) is 0 Å². The Morgan fingerprint density at radius 2 is 1.35 bits per heavy atom. The smallest absolute Gasteiger partial charge is 0.328 e. The van der Waals surface area contributed by atoms with E-state index in [0.29, 0.717) is 0 Å². The second-order valence-corrected chi connectivity index (χ2v) is 9.39. The Morgan fingerprint density at radius 3 is 1.94 bits per heavy atom. The minimum atomic E-state index is -0.922. The van der Waals surface area contributed by atoms with Gasteiger partial charge < -0.3 is 5.11 Å². The van der Waals surface area contributed by atoms with Crippen LogP contribution in [0.3, 0.4) is 0 Å². The van der Waals surface area contributed by atoms with Gasteiger partial charge in [0, 0.05) is 24.0 Å². The van der Waals surface area contributed by atoms with E-state index in [1.807, 2.05) is 24.5 Å². The van der Waals surface area contributed by atoms with Crippen molar-refractivity contribution in [3.05, 3.63) is 53.4 Å². The highest BCUT2D eigenvalue weighted by molar-refractivity contribution is 5.85. The van der Waals surface area contributed by atoms with Crippen LogP contribution < -0.4 is 0 Å². The van der Waals surface area contributed by atoms with E-state index in [1.54, 1.807) is 6.08 Å². The highest BCUT2D eigenvalue weighted by Gasteiger charge is 2.07. The summed E-state index contributed by atoms with van der Waals surface area (Å²) in [5, 5.41) is 9.04. The van der Waals surface area contributed by atoms with Crippen LogP contribution in [0.1, 0.15) is 114 Å². The van der Waals surface area contributed by atoms with Crippen molar-refractivity contribution in [1.82, 2.24) is 9.97 Å². The van der Waals surface area contributed by atoms with Crippen molar-refractivity contribution in [2.75, 3.05) is 0 Å². The van der Waals surface area contributed by atoms with Crippen LogP contribution in [0.2, 0.25) is 0 Å². The molecule has 34 heavy (non-hydrogen) atoms.